The molecular weight excluding hydrogens is 341 g/mol. The van der Waals surface area contributed by atoms with Crippen molar-refractivity contribution in [3.05, 3.63) is 33.8 Å². The highest BCUT2D eigenvalue weighted by Gasteiger charge is 2.04. The van der Waals surface area contributed by atoms with Gasteiger partial charge in [0.2, 0.25) is 5.16 Å². The lowest BCUT2D eigenvalue weighted by Gasteiger charge is -2.07. The van der Waals surface area contributed by atoms with E-state index in [9.17, 15) is 0 Å². The van der Waals surface area contributed by atoms with E-state index in [4.69, 9.17) is 23.2 Å². The van der Waals surface area contributed by atoms with E-state index < -0.39 is 0 Å². The van der Waals surface area contributed by atoms with Gasteiger partial charge < -0.3 is 5.32 Å². The maximum Gasteiger partial charge on any atom is 0.209 e. The third kappa shape index (κ3) is 4.79. The van der Waals surface area contributed by atoms with Crippen LogP contribution in [-0.2, 0) is 13.6 Å². The molecule has 110 valence electrons. The van der Waals surface area contributed by atoms with Crippen LogP contribution in [0.3, 0.4) is 0 Å². The second-order valence-corrected chi connectivity index (χ2v) is 5.67. The molecule has 1 aromatic carbocycles. The Morgan fingerprint density at radius 2 is 2.15 bits per heavy atom. The molecule has 0 saturated carbocycles. The van der Waals surface area contributed by atoms with Gasteiger partial charge in [-0.2, -0.15) is 0 Å². The van der Waals surface area contributed by atoms with Gasteiger partial charge in [0.05, 0.1) is 10.0 Å². The van der Waals surface area contributed by atoms with Crippen LogP contribution in [0, 0.1) is 0 Å². The maximum atomic E-state index is 6.10. The summed E-state index contributed by atoms with van der Waals surface area (Å²) < 4.78 is 1.65. The molecule has 0 aliphatic heterocycles. The molecule has 0 aliphatic carbocycles. The highest BCUT2D eigenvalue weighted by Crippen LogP contribution is 2.25. The Kier molecular flexibility index (Phi) is 7.61. The van der Waals surface area contributed by atoms with Crippen molar-refractivity contribution in [1.29, 1.82) is 0 Å². The van der Waals surface area contributed by atoms with E-state index in [0.29, 0.717) is 16.6 Å². The number of nitrogens with zero attached hydrogens (tertiary/aromatic N) is 4. The molecular formula is C11H14Cl3N5S. The van der Waals surface area contributed by atoms with Gasteiger partial charge in [-0.25, -0.2) is 4.68 Å². The summed E-state index contributed by atoms with van der Waals surface area (Å²) in [5, 5.41) is 16.6. The van der Waals surface area contributed by atoms with E-state index >= 15 is 0 Å². The summed E-state index contributed by atoms with van der Waals surface area (Å²) in [4.78, 5) is 0. The van der Waals surface area contributed by atoms with Gasteiger partial charge in [-0.3, -0.25) is 0 Å². The standard InChI is InChI=1S/C11H13Cl2N5S.ClH/c1-18-11(15-16-17-18)19-6-5-14-7-8-3-2-4-9(12)10(8)13;/h2-4,14H,5-7H2,1H3;1H. The SMILES string of the molecule is Cl.Cn1nnnc1SCCNCc1cccc(Cl)c1Cl. The van der Waals surface area contributed by atoms with E-state index in [1.807, 2.05) is 19.2 Å². The van der Waals surface area contributed by atoms with E-state index in [0.717, 1.165) is 23.0 Å². The van der Waals surface area contributed by atoms with Gasteiger partial charge in [-0.05, 0) is 22.1 Å². The molecule has 9 heteroatoms. The quantitative estimate of drug-likeness (QED) is 0.638. The molecule has 2 aromatic rings. The minimum atomic E-state index is 0. The largest absolute Gasteiger partial charge is 0.312 e. The van der Waals surface area contributed by atoms with Crippen molar-refractivity contribution in [2.24, 2.45) is 7.05 Å². The van der Waals surface area contributed by atoms with Gasteiger partial charge in [0.1, 0.15) is 0 Å². The van der Waals surface area contributed by atoms with E-state index in [-0.39, 0.29) is 12.4 Å². The molecule has 0 saturated heterocycles. The second-order valence-electron chi connectivity index (χ2n) is 3.82. The summed E-state index contributed by atoms with van der Waals surface area (Å²) in [7, 11) is 1.82. The average Bonchev–Trinajstić information content (AvgIpc) is 2.80. The minimum Gasteiger partial charge on any atom is -0.312 e. The number of hydrogen-bond acceptors (Lipinski definition) is 5. The molecule has 0 bridgehead atoms. The fourth-order valence-corrected chi connectivity index (χ4v) is 2.60. The fourth-order valence-electron chi connectivity index (χ4n) is 1.47. The zero-order valence-electron chi connectivity index (χ0n) is 10.7. The Labute approximate surface area is 137 Å². The molecule has 2 rings (SSSR count). The lowest BCUT2D eigenvalue weighted by Crippen LogP contribution is -2.17. The number of hydrogen-bond donors (Lipinski definition) is 1. The molecule has 5 nitrogen and oxygen atoms in total. The monoisotopic (exact) mass is 353 g/mol. The van der Waals surface area contributed by atoms with Gasteiger partial charge in [0, 0.05) is 25.9 Å². The third-order valence-corrected chi connectivity index (χ3v) is 4.31. The first kappa shape index (κ1) is 17.5. The Balaban J connectivity index is 0.00000200. The average molecular weight is 355 g/mol. The molecule has 0 spiro atoms. The number of nitrogens with one attached hydrogen (secondary N) is 1. The molecule has 0 radical (unpaired) electrons. The molecule has 0 fully saturated rings. The molecule has 1 heterocycles. The number of halogens is 3. The second kappa shape index (κ2) is 8.69. The molecule has 0 aliphatic rings. The first-order valence-corrected chi connectivity index (χ1v) is 7.41. The smallest absolute Gasteiger partial charge is 0.209 e. The van der Waals surface area contributed by atoms with Crippen molar-refractivity contribution >= 4 is 47.4 Å². The topological polar surface area (TPSA) is 55.6 Å². The number of aromatic nitrogens is 4. The Morgan fingerprint density at radius 3 is 2.85 bits per heavy atom. The van der Waals surface area contributed by atoms with Crippen molar-refractivity contribution in [3.63, 3.8) is 0 Å². The Morgan fingerprint density at radius 1 is 1.35 bits per heavy atom. The Hall–Kier alpha value is -0.530. The van der Waals surface area contributed by atoms with Crippen molar-refractivity contribution in [3.8, 4) is 0 Å². The minimum absolute atomic E-state index is 0. The van der Waals surface area contributed by atoms with E-state index in [1.165, 1.54) is 0 Å². The predicted octanol–water partition coefficient (Wildman–Crippen LogP) is 2.82. The molecule has 0 atom stereocenters. The molecule has 0 amide bonds. The van der Waals surface area contributed by atoms with Crippen LogP contribution in [-0.4, -0.2) is 32.5 Å². The van der Waals surface area contributed by atoms with E-state index in [1.54, 1.807) is 22.5 Å². The summed E-state index contributed by atoms with van der Waals surface area (Å²) in [6.45, 7) is 1.53. The van der Waals surface area contributed by atoms with Crippen LogP contribution in [0.1, 0.15) is 5.56 Å². The van der Waals surface area contributed by atoms with Crippen molar-refractivity contribution in [1.82, 2.24) is 25.5 Å². The zero-order valence-corrected chi connectivity index (χ0v) is 13.9. The number of tetrazole rings is 1. The van der Waals surface area contributed by atoms with Crippen LogP contribution < -0.4 is 5.32 Å². The summed E-state index contributed by atoms with van der Waals surface area (Å²) in [6.07, 6.45) is 0. The van der Waals surface area contributed by atoms with Crippen LogP contribution >= 0.6 is 47.4 Å². The van der Waals surface area contributed by atoms with Gasteiger partial charge >= 0.3 is 0 Å². The lowest BCUT2D eigenvalue weighted by molar-refractivity contribution is 0.663. The van der Waals surface area contributed by atoms with Gasteiger partial charge in [-0.1, -0.05) is 47.1 Å². The molecule has 1 aromatic heterocycles. The molecule has 20 heavy (non-hydrogen) atoms. The summed E-state index contributed by atoms with van der Waals surface area (Å²) >= 11 is 13.7. The van der Waals surface area contributed by atoms with Crippen molar-refractivity contribution in [2.75, 3.05) is 12.3 Å². The number of benzene rings is 1. The number of aryl methyl sites for hydroxylation is 1. The van der Waals surface area contributed by atoms with Gasteiger partial charge in [-0.15, -0.1) is 17.5 Å². The first-order chi connectivity index (χ1) is 9.18. The summed E-state index contributed by atoms with van der Waals surface area (Å²) in [5.41, 5.74) is 1.000. The number of rotatable bonds is 6. The normalized spacial score (nSPS) is 10.3. The zero-order chi connectivity index (χ0) is 13.7. The summed E-state index contributed by atoms with van der Waals surface area (Å²) in [6, 6.07) is 5.64. The summed E-state index contributed by atoms with van der Waals surface area (Å²) in [5.74, 6) is 0.881. The van der Waals surface area contributed by atoms with Gasteiger partial charge in [0.25, 0.3) is 0 Å². The van der Waals surface area contributed by atoms with E-state index in [2.05, 4.69) is 20.8 Å². The third-order valence-electron chi connectivity index (χ3n) is 2.44. The van der Waals surface area contributed by atoms with Crippen LogP contribution in [0.4, 0.5) is 0 Å². The Bertz CT molecular complexity index is 549. The first-order valence-electron chi connectivity index (χ1n) is 5.67. The van der Waals surface area contributed by atoms with Crippen LogP contribution in [0.5, 0.6) is 0 Å². The van der Waals surface area contributed by atoms with Crippen LogP contribution in [0.15, 0.2) is 23.4 Å². The number of thioether (sulfide) groups is 1. The lowest BCUT2D eigenvalue weighted by atomic mass is 10.2. The highest BCUT2D eigenvalue weighted by molar-refractivity contribution is 7.99. The van der Waals surface area contributed by atoms with Crippen LogP contribution in [0.2, 0.25) is 10.0 Å². The predicted molar refractivity (Wildman–Crippen MR) is 84.9 cm³/mol. The molecule has 1 N–H and O–H groups in total. The molecule has 0 unspecified atom stereocenters. The fraction of sp³-hybridized carbons (Fsp3) is 0.364. The van der Waals surface area contributed by atoms with Gasteiger partial charge in [0.15, 0.2) is 0 Å². The van der Waals surface area contributed by atoms with Crippen LogP contribution in [0.25, 0.3) is 0 Å². The highest BCUT2D eigenvalue weighted by atomic mass is 35.5. The van der Waals surface area contributed by atoms with Crippen molar-refractivity contribution in [2.45, 2.75) is 11.7 Å². The van der Waals surface area contributed by atoms with Crippen molar-refractivity contribution < 1.29 is 0 Å². The maximum absolute atomic E-state index is 6.10.